The molecule has 0 bridgehead atoms. The fourth-order valence-corrected chi connectivity index (χ4v) is 4.07. The molecule has 3 aromatic rings. The number of anilines is 1. The van der Waals surface area contributed by atoms with Crippen LogP contribution in [0.4, 0.5) is 5.69 Å². The monoisotopic (exact) mass is 523 g/mol. The Morgan fingerprint density at radius 2 is 1.68 bits per heavy atom. The summed E-state index contributed by atoms with van der Waals surface area (Å²) in [6.07, 6.45) is 4.63. The van der Waals surface area contributed by atoms with E-state index in [1.54, 1.807) is 67.6 Å². The van der Waals surface area contributed by atoms with Crippen LogP contribution in [0.25, 0.3) is 6.08 Å². The second-order valence-electron chi connectivity index (χ2n) is 8.26. The van der Waals surface area contributed by atoms with Crippen LogP contribution in [-0.2, 0) is 32.5 Å². The highest BCUT2D eigenvalue weighted by atomic mass is 32.2. The van der Waals surface area contributed by atoms with Gasteiger partial charge in [0.15, 0.2) is 6.10 Å². The molecule has 0 saturated carbocycles. The summed E-state index contributed by atoms with van der Waals surface area (Å²) < 4.78 is 32.5. The number of amides is 1. The van der Waals surface area contributed by atoms with E-state index in [9.17, 15) is 23.1 Å². The molecular weight excluding hydrogens is 494 g/mol. The normalized spacial score (nSPS) is 12.3. The molecule has 3 rings (SSSR count). The average molecular weight is 524 g/mol. The number of carboxylic acid groups (broad SMARTS) is 1. The maximum Gasteiger partial charge on any atom is 0.333 e. The van der Waals surface area contributed by atoms with Crippen LogP contribution < -0.4 is 9.50 Å². The molecule has 1 amide bonds. The zero-order valence-corrected chi connectivity index (χ0v) is 21.4. The van der Waals surface area contributed by atoms with Gasteiger partial charge in [-0.15, -0.1) is 0 Å². The molecule has 0 fully saturated rings. The number of benzene rings is 3. The number of aliphatic carboxylic acids is 1. The lowest BCUT2D eigenvalue weighted by molar-refractivity contribution is -0.149. The minimum atomic E-state index is -3.57. The van der Waals surface area contributed by atoms with Crippen molar-refractivity contribution in [3.8, 4) is 5.75 Å². The Morgan fingerprint density at radius 3 is 2.30 bits per heavy atom. The van der Waals surface area contributed by atoms with Crippen molar-refractivity contribution in [2.24, 2.45) is 0 Å². The van der Waals surface area contributed by atoms with E-state index in [0.717, 1.165) is 22.9 Å². The number of rotatable bonds is 12. The van der Waals surface area contributed by atoms with Gasteiger partial charge in [-0.25, -0.2) is 4.79 Å². The second kappa shape index (κ2) is 12.8. The topological polar surface area (TPSA) is 119 Å². The Bertz CT molecular complexity index is 1350. The molecule has 0 heterocycles. The zero-order valence-electron chi connectivity index (χ0n) is 20.6. The number of hydrogen-bond donors (Lipinski definition) is 2. The van der Waals surface area contributed by atoms with Gasteiger partial charge in [-0.2, -0.15) is 8.42 Å². The van der Waals surface area contributed by atoms with E-state index in [0.29, 0.717) is 24.3 Å². The smallest absolute Gasteiger partial charge is 0.333 e. The first-order chi connectivity index (χ1) is 17.6. The van der Waals surface area contributed by atoms with Crippen molar-refractivity contribution in [3.63, 3.8) is 0 Å². The molecule has 0 aromatic heterocycles. The Hall–Kier alpha value is -3.95. The van der Waals surface area contributed by atoms with Crippen LogP contribution in [0.5, 0.6) is 5.75 Å². The van der Waals surface area contributed by atoms with Crippen LogP contribution in [0.3, 0.4) is 0 Å². The summed E-state index contributed by atoms with van der Waals surface area (Å²) in [4.78, 5) is 24.3. The third-order valence-electron chi connectivity index (χ3n) is 5.31. The number of carbonyl (C=O) groups is 2. The summed E-state index contributed by atoms with van der Waals surface area (Å²) in [7, 11) is -3.57. The molecule has 3 aromatic carbocycles. The van der Waals surface area contributed by atoms with Gasteiger partial charge in [0.05, 0.1) is 6.26 Å². The van der Waals surface area contributed by atoms with Gasteiger partial charge in [0, 0.05) is 24.3 Å². The quantitative estimate of drug-likeness (QED) is 0.334. The van der Waals surface area contributed by atoms with Crippen molar-refractivity contribution in [2.75, 3.05) is 18.2 Å². The zero-order chi connectivity index (χ0) is 26.8. The van der Waals surface area contributed by atoms with Crippen molar-refractivity contribution in [1.29, 1.82) is 0 Å². The highest BCUT2D eigenvalue weighted by Gasteiger charge is 2.18. The van der Waals surface area contributed by atoms with Crippen LogP contribution in [-0.4, -0.2) is 44.4 Å². The van der Waals surface area contributed by atoms with Crippen molar-refractivity contribution in [2.45, 2.75) is 25.9 Å². The highest BCUT2D eigenvalue weighted by Crippen LogP contribution is 2.18. The molecule has 1 atom stereocenters. The minimum Gasteiger partial charge on any atom is -0.479 e. The summed E-state index contributed by atoms with van der Waals surface area (Å²) >= 11 is 0. The fraction of sp³-hybridized carbons (Fsp3) is 0.214. The van der Waals surface area contributed by atoms with Crippen LogP contribution >= 0.6 is 0 Å². The predicted molar refractivity (Wildman–Crippen MR) is 142 cm³/mol. The van der Waals surface area contributed by atoms with Gasteiger partial charge in [-0.3, -0.25) is 4.79 Å². The van der Waals surface area contributed by atoms with E-state index in [1.165, 1.54) is 0 Å². The molecule has 2 N–H and O–H groups in total. The van der Waals surface area contributed by atoms with Crippen LogP contribution in [0.1, 0.15) is 34.0 Å². The van der Waals surface area contributed by atoms with Crippen molar-refractivity contribution < 1.29 is 32.0 Å². The molecule has 0 saturated heterocycles. The summed E-state index contributed by atoms with van der Waals surface area (Å²) in [5, 5.41) is 12.1. The summed E-state index contributed by atoms with van der Waals surface area (Å²) in [5.74, 6) is -1.02. The SMILES string of the molecule is CCO[C@@H](Cc1ccc(NC(=O)c2ccccc2C/C=C/c2ccc(OS(C)(=O)=O)cc2)cc1)C(=O)O. The molecule has 0 spiro atoms. The van der Waals surface area contributed by atoms with E-state index in [1.807, 2.05) is 24.3 Å². The van der Waals surface area contributed by atoms with E-state index >= 15 is 0 Å². The molecule has 0 unspecified atom stereocenters. The third kappa shape index (κ3) is 8.89. The molecule has 0 aliphatic heterocycles. The Kier molecular flexibility index (Phi) is 9.59. The summed E-state index contributed by atoms with van der Waals surface area (Å²) in [5.41, 5.74) is 3.62. The van der Waals surface area contributed by atoms with E-state index < -0.39 is 22.2 Å². The number of carbonyl (C=O) groups excluding carboxylic acids is 1. The summed E-state index contributed by atoms with van der Waals surface area (Å²) in [6, 6.07) is 20.9. The molecule has 0 aliphatic rings. The van der Waals surface area contributed by atoms with Gasteiger partial charge >= 0.3 is 16.1 Å². The highest BCUT2D eigenvalue weighted by molar-refractivity contribution is 7.86. The van der Waals surface area contributed by atoms with Gasteiger partial charge in [0.25, 0.3) is 5.91 Å². The first-order valence-corrected chi connectivity index (χ1v) is 13.4. The van der Waals surface area contributed by atoms with Crippen molar-refractivity contribution in [1.82, 2.24) is 0 Å². The van der Waals surface area contributed by atoms with Gasteiger partial charge in [-0.05, 0) is 60.4 Å². The third-order valence-corrected chi connectivity index (χ3v) is 5.81. The van der Waals surface area contributed by atoms with E-state index in [2.05, 4.69) is 5.32 Å². The molecule has 0 radical (unpaired) electrons. The molecule has 8 nitrogen and oxygen atoms in total. The first kappa shape index (κ1) is 27.6. The van der Waals surface area contributed by atoms with Gasteiger partial charge in [-0.1, -0.05) is 54.6 Å². The lowest BCUT2D eigenvalue weighted by Gasteiger charge is -2.13. The number of nitrogens with one attached hydrogen (secondary N) is 1. The second-order valence-corrected chi connectivity index (χ2v) is 9.83. The van der Waals surface area contributed by atoms with E-state index in [4.69, 9.17) is 8.92 Å². The van der Waals surface area contributed by atoms with E-state index in [-0.39, 0.29) is 18.1 Å². The number of carboxylic acids is 1. The molecule has 9 heteroatoms. The van der Waals surface area contributed by atoms with Crippen molar-refractivity contribution >= 4 is 33.8 Å². The number of allylic oxidation sites excluding steroid dienone is 1. The fourth-order valence-electron chi connectivity index (χ4n) is 3.61. The van der Waals surface area contributed by atoms with Crippen LogP contribution in [0.15, 0.2) is 78.9 Å². The number of ether oxygens (including phenoxy) is 1. The standard InChI is InChI=1S/C28H29NO7S/c1-3-35-26(28(31)32)19-21-11-15-23(16-12-21)29-27(30)25-10-5-4-8-22(25)9-6-7-20-13-17-24(18-14-20)36-37(2,33)34/h4-8,10-18,26H,3,9,19H2,1-2H3,(H,29,30)(H,31,32)/b7-6+/t26-/m0/s1. The summed E-state index contributed by atoms with van der Waals surface area (Å²) in [6.45, 7) is 2.06. The Labute approximate surface area is 216 Å². The Balaban J connectivity index is 1.62. The van der Waals surface area contributed by atoms with Crippen LogP contribution in [0, 0.1) is 0 Å². The van der Waals surface area contributed by atoms with Crippen LogP contribution in [0.2, 0.25) is 0 Å². The largest absolute Gasteiger partial charge is 0.479 e. The maximum atomic E-state index is 13.0. The predicted octanol–water partition coefficient (Wildman–Crippen LogP) is 4.57. The van der Waals surface area contributed by atoms with Gasteiger partial charge in [0.1, 0.15) is 5.75 Å². The van der Waals surface area contributed by atoms with Gasteiger partial charge < -0.3 is 19.3 Å². The molecule has 37 heavy (non-hydrogen) atoms. The maximum absolute atomic E-state index is 13.0. The first-order valence-electron chi connectivity index (χ1n) is 11.6. The molecule has 0 aliphatic carbocycles. The minimum absolute atomic E-state index is 0.236. The molecular formula is C28H29NO7S. The molecule has 194 valence electrons. The van der Waals surface area contributed by atoms with Gasteiger partial charge in [0.2, 0.25) is 0 Å². The number of hydrogen-bond acceptors (Lipinski definition) is 6. The lowest BCUT2D eigenvalue weighted by atomic mass is 10.0. The van der Waals surface area contributed by atoms with Crippen molar-refractivity contribution in [3.05, 3.63) is 101 Å². The Morgan fingerprint density at radius 1 is 1.00 bits per heavy atom. The average Bonchev–Trinajstić information content (AvgIpc) is 2.85. The lowest BCUT2D eigenvalue weighted by Crippen LogP contribution is -2.26.